The lowest BCUT2D eigenvalue weighted by Crippen LogP contribution is -2.50. The van der Waals surface area contributed by atoms with Gasteiger partial charge in [-0.05, 0) is 36.4 Å². The molecule has 3 rings (SSSR count). The highest BCUT2D eigenvalue weighted by Crippen LogP contribution is 2.20. The molecule has 1 aromatic heterocycles. The van der Waals surface area contributed by atoms with Gasteiger partial charge in [-0.15, -0.1) is 0 Å². The predicted molar refractivity (Wildman–Crippen MR) is 106 cm³/mol. The highest BCUT2D eigenvalue weighted by molar-refractivity contribution is 5.78. The van der Waals surface area contributed by atoms with Gasteiger partial charge in [-0.1, -0.05) is 0 Å². The van der Waals surface area contributed by atoms with Crippen molar-refractivity contribution in [1.82, 2.24) is 9.80 Å². The zero-order chi connectivity index (χ0) is 19.8. The number of methoxy groups -OCH3 is 1. The molecule has 0 unspecified atom stereocenters. The van der Waals surface area contributed by atoms with Crippen LogP contribution in [0.3, 0.4) is 0 Å². The van der Waals surface area contributed by atoms with Crippen molar-refractivity contribution in [2.75, 3.05) is 51.3 Å². The number of furan rings is 1. The largest absolute Gasteiger partial charge is 0.497 e. The predicted octanol–water partition coefficient (Wildman–Crippen LogP) is 2.35. The van der Waals surface area contributed by atoms with Crippen LogP contribution in [-0.4, -0.2) is 62.1 Å². The number of anilines is 1. The van der Waals surface area contributed by atoms with Crippen molar-refractivity contribution in [1.29, 1.82) is 5.26 Å². The first-order chi connectivity index (χ1) is 13.7. The molecule has 1 aliphatic rings. The normalized spacial score (nSPS) is 14.5. The van der Waals surface area contributed by atoms with Gasteiger partial charge in [0.1, 0.15) is 11.5 Å². The summed E-state index contributed by atoms with van der Waals surface area (Å²) in [6, 6.07) is 13.8. The van der Waals surface area contributed by atoms with Gasteiger partial charge in [0.05, 0.1) is 39.0 Å². The molecule has 1 saturated heterocycles. The van der Waals surface area contributed by atoms with Crippen LogP contribution in [0.5, 0.6) is 5.75 Å². The minimum absolute atomic E-state index is 0.0320. The summed E-state index contributed by atoms with van der Waals surface area (Å²) in [4.78, 5) is 19.0. The molecule has 2 aromatic rings. The number of carbonyl (C=O) groups is 1. The van der Waals surface area contributed by atoms with Crippen LogP contribution < -0.4 is 9.64 Å². The quantitative estimate of drug-likeness (QED) is 0.698. The van der Waals surface area contributed by atoms with Crippen molar-refractivity contribution in [3.8, 4) is 11.8 Å². The van der Waals surface area contributed by atoms with E-state index in [2.05, 4.69) is 28.0 Å². The van der Waals surface area contributed by atoms with Crippen LogP contribution in [0, 0.1) is 11.3 Å². The summed E-state index contributed by atoms with van der Waals surface area (Å²) in [6.07, 6.45) is 1.92. The van der Waals surface area contributed by atoms with E-state index >= 15 is 0 Å². The Bertz CT molecular complexity index is 775. The number of nitrogens with zero attached hydrogens (tertiary/aromatic N) is 4. The average molecular weight is 382 g/mol. The Morgan fingerprint density at radius 2 is 1.96 bits per heavy atom. The van der Waals surface area contributed by atoms with E-state index < -0.39 is 0 Å². The van der Waals surface area contributed by atoms with Crippen LogP contribution in [0.4, 0.5) is 5.69 Å². The maximum atomic E-state index is 12.8. The number of hydrogen-bond donors (Lipinski definition) is 0. The molecule has 1 aromatic carbocycles. The zero-order valence-corrected chi connectivity index (χ0v) is 16.2. The molecule has 0 N–H and O–H groups in total. The Kier molecular flexibility index (Phi) is 6.93. The second-order valence-corrected chi connectivity index (χ2v) is 6.76. The highest BCUT2D eigenvalue weighted by atomic mass is 16.5. The van der Waals surface area contributed by atoms with Crippen LogP contribution in [0.25, 0.3) is 0 Å². The van der Waals surface area contributed by atoms with Crippen molar-refractivity contribution in [3.05, 3.63) is 48.4 Å². The van der Waals surface area contributed by atoms with E-state index in [4.69, 9.17) is 14.4 Å². The molecule has 28 heavy (non-hydrogen) atoms. The van der Waals surface area contributed by atoms with E-state index in [1.807, 2.05) is 18.2 Å². The van der Waals surface area contributed by atoms with E-state index in [9.17, 15) is 4.79 Å². The first kappa shape index (κ1) is 19.8. The molecule has 0 bridgehead atoms. The number of ether oxygens (including phenoxy) is 1. The first-order valence-electron chi connectivity index (χ1n) is 9.48. The number of nitriles is 1. The van der Waals surface area contributed by atoms with Crippen molar-refractivity contribution in [3.63, 3.8) is 0 Å². The van der Waals surface area contributed by atoms with Crippen LogP contribution in [0.15, 0.2) is 47.1 Å². The third-order valence-corrected chi connectivity index (χ3v) is 4.94. The molecular weight excluding hydrogens is 356 g/mol. The van der Waals surface area contributed by atoms with Gasteiger partial charge in [-0.2, -0.15) is 5.26 Å². The summed E-state index contributed by atoms with van der Waals surface area (Å²) >= 11 is 0. The van der Waals surface area contributed by atoms with E-state index in [-0.39, 0.29) is 5.91 Å². The fraction of sp³-hybridized carbons (Fsp3) is 0.429. The molecule has 7 nitrogen and oxygen atoms in total. The Balaban J connectivity index is 1.51. The second-order valence-electron chi connectivity index (χ2n) is 6.76. The molecule has 1 amide bonds. The van der Waals surface area contributed by atoms with Crippen molar-refractivity contribution >= 4 is 11.6 Å². The summed E-state index contributed by atoms with van der Waals surface area (Å²) < 4.78 is 10.6. The van der Waals surface area contributed by atoms with Gasteiger partial charge in [0, 0.05) is 38.4 Å². The van der Waals surface area contributed by atoms with Crippen molar-refractivity contribution in [2.45, 2.75) is 13.0 Å². The Morgan fingerprint density at radius 1 is 1.21 bits per heavy atom. The number of piperazine rings is 1. The Morgan fingerprint density at radius 3 is 2.57 bits per heavy atom. The van der Waals surface area contributed by atoms with Crippen LogP contribution >= 0.6 is 0 Å². The summed E-state index contributed by atoms with van der Waals surface area (Å²) in [7, 11) is 1.66. The minimum atomic E-state index is 0.0320. The molecule has 0 radical (unpaired) electrons. The summed E-state index contributed by atoms with van der Waals surface area (Å²) in [5.41, 5.74) is 1.17. The van der Waals surface area contributed by atoms with Gasteiger partial charge in [-0.3, -0.25) is 9.69 Å². The standard InChI is InChI=1S/C21H26N4O3/c1-27-19-7-5-18(6-8-19)24-13-11-23(12-14-24)17-21(26)25(10-3-9-22)16-20-4-2-15-28-20/h2,4-8,15H,3,10-14,16-17H2,1H3. The van der Waals surface area contributed by atoms with Gasteiger partial charge >= 0.3 is 0 Å². The molecule has 0 spiro atoms. The van der Waals surface area contributed by atoms with E-state index in [0.29, 0.717) is 26.1 Å². The Hall–Kier alpha value is -2.98. The van der Waals surface area contributed by atoms with Crippen molar-refractivity contribution < 1.29 is 13.9 Å². The van der Waals surface area contributed by atoms with Gasteiger partial charge < -0.3 is 19.0 Å². The maximum Gasteiger partial charge on any atom is 0.237 e. The summed E-state index contributed by atoms with van der Waals surface area (Å²) in [5.74, 6) is 1.61. The number of hydrogen-bond acceptors (Lipinski definition) is 6. The van der Waals surface area contributed by atoms with Crippen molar-refractivity contribution in [2.24, 2.45) is 0 Å². The second kappa shape index (κ2) is 9.81. The molecule has 0 atom stereocenters. The van der Waals surface area contributed by atoms with E-state index in [1.54, 1.807) is 24.3 Å². The van der Waals surface area contributed by atoms with E-state index in [0.717, 1.165) is 37.7 Å². The third kappa shape index (κ3) is 5.27. The fourth-order valence-electron chi connectivity index (χ4n) is 3.32. The lowest BCUT2D eigenvalue weighted by molar-refractivity contribution is -0.133. The average Bonchev–Trinajstić information content (AvgIpc) is 3.25. The molecule has 2 heterocycles. The number of amides is 1. The number of rotatable bonds is 8. The first-order valence-corrected chi connectivity index (χ1v) is 9.48. The van der Waals surface area contributed by atoms with Gasteiger partial charge in [0.15, 0.2) is 0 Å². The van der Waals surface area contributed by atoms with Crippen LogP contribution in [-0.2, 0) is 11.3 Å². The highest BCUT2D eigenvalue weighted by Gasteiger charge is 2.22. The summed E-state index contributed by atoms with van der Waals surface area (Å²) in [6.45, 7) is 4.57. The Labute approximate surface area is 165 Å². The lowest BCUT2D eigenvalue weighted by Gasteiger charge is -2.36. The number of benzene rings is 1. The van der Waals surface area contributed by atoms with E-state index in [1.165, 1.54) is 5.69 Å². The molecule has 0 saturated carbocycles. The molecule has 1 aliphatic heterocycles. The fourth-order valence-corrected chi connectivity index (χ4v) is 3.32. The van der Waals surface area contributed by atoms with Crippen LogP contribution in [0.2, 0.25) is 0 Å². The number of carbonyl (C=O) groups excluding carboxylic acids is 1. The monoisotopic (exact) mass is 382 g/mol. The minimum Gasteiger partial charge on any atom is -0.497 e. The molecule has 0 aliphatic carbocycles. The SMILES string of the molecule is COc1ccc(N2CCN(CC(=O)N(CCC#N)Cc3ccco3)CC2)cc1. The zero-order valence-electron chi connectivity index (χ0n) is 16.2. The third-order valence-electron chi connectivity index (χ3n) is 4.94. The topological polar surface area (TPSA) is 73.0 Å². The summed E-state index contributed by atoms with van der Waals surface area (Å²) in [5, 5.41) is 8.88. The molecule has 1 fully saturated rings. The maximum absolute atomic E-state index is 12.8. The van der Waals surface area contributed by atoms with Gasteiger partial charge in [0.25, 0.3) is 0 Å². The van der Waals surface area contributed by atoms with Crippen LogP contribution in [0.1, 0.15) is 12.2 Å². The molecule has 7 heteroatoms. The molecule has 148 valence electrons. The molecular formula is C21H26N4O3. The van der Waals surface area contributed by atoms with Gasteiger partial charge in [0.2, 0.25) is 5.91 Å². The smallest absolute Gasteiger partial charge is 0.237 e. The van der Waals surface area contributed by atoms with Gasteiger partial charge in [-0.25, -0.2) is 0 Å². The lowest BCUT2D eigenvalue weighted by atomic mass is 10.2.